The van der Waals surface area contributed by atoms with Gasteiger partial charge in [0.2, 0.25) is 5.91 Å². The monoisotopic (exact) mass is 308 g/mol. The van der Waals surface area contributed by atoms with Crippen LogP contribution in [0.3, 0.4) is 0 Å². The Labute approximate surface area is 124 Å². The normalized spacial score (nSPS) is 18.1. The largest absolute Gasteiger partial charge is 0.480 e. The van der Waals surface area contributed by atoms with Gasteiger partial charge in [-0.1, -0.05) is 0 Å². The number of thioether (sulfide) groups is 1. The lowest BCUT2D eigenvalue weighted by molar-refractivity contribution is -0.384. The molecule has 1 aromatic carbocycles. The fourth-order valence-electron chi connectivity index (χ4n) is 1.83. The number of carbonyl (C=O) groups is 2. The third kappa shape index (κ3) is 3.60. The van der Waals surface area contributed by atoms with Crippen LogP contribution in [0.2, 0.25) is 0 Å². The van der Waals surface area contributed by atoms with Crippen molar-refractivity contribution in [3.8, 4) is 0 Å². The molecule has 21 heavy (non-hydrogen) atoms. The van der Waals surface area contributed by atoms with Crippen molar-refractivity contribution >= 4 is 35.4 Å². The van der Waals surface area contributed by atoms with Crippen molar-refractivity contribution in [1.29, 1.82) is 0 Å². The Morgan fingerprint density at radius 3 is 2.62 bits per heavy atom. The minimum atomic E-state index is -1.02. The van der Waals surface area contributed by atoms with Gasteiger partial charge in [0.1, 0.15) is 6.04 Å². The molecule has 0 radical (unpaired) electrons. The summed E-state index contributed by atoms with van der Waals surface area (Å²) in [5.41, 5.74) is 0.605. The van der Waals surface area contributed by atoms with Crippen molar-refractivity contribution in [3.63, 3.8) is 0 Å². The Hall–Kier alpha value is -2.35. The van der Waals surface area contributed by atoms with E-state index in [2.05, 4.69) is 0 Å². The summed E-state index contributed by atoms with van der Waals surface area (Å²) in [6, 6.07) is 4.93. The molecule has 0 aromatic heterocycles. The van der Waals surface area contributed by atoms with Crippen molar-refractivity contribution < 1.29 is 19.6 Å². The van der Waals surface area contributed by atoms with E-state index in [9.17, 15) is 19.7 Å². The Morgan fingerprint density at radius 1 is 1.38 bits per heavy atom. The van der Waals surface area contributed by atoms with E-state index in [0.717, 1.165) is 0 Å². The Bertz CT molecular complexity index is 599. The number of benzene rings is 1. The van der Waals surface area contributed by atoms with Crippen molar-refractivity contribution in [2.75, 3.05) is 11.6 Å². The molecule has 0 spiro atoms. The molecule has 1 N–H and O–H groups in total. The second kappa shape index (κ2) is 6.40. The topological polar surface area (TPSA) is 101 Å². The molecule has 1 atom stereocenters. The van der Waals surface area contributed by atoms with Crippen LogP contribution in [0.25, 0.3) is 6.08 Å². The van der Waals surface area contributed by atoms with Crippen LogP contribution in [0.15, 0.2) is 30.3 Å². The van der Waals surface area contributed by atoms with E-state index in [-0.39, 0.29) is 11.6 Å². The van der Waals surface area contributed by atoms with Crippen LogP contribution in [0.5, 0.6) is 0 Å². The molecule has 1 amide bonds. The molecule has 1 aliphatic heterocycles. The van der Waals surface area contributed by atoms with Gasteiger partial charge in [0.25, 0.3) is 5.69 Å². The van der Waals surface area contributed by atoms with E-state index >= 15 is 0 Å². The fourth-order valence-corrected chi connectivity index (χ4v) is 2.99. The number of nitrogens with zero attached hydrogens (tertiary/aromatic N) is 2. The van der Waals surface area contributed by atoms with Crippen LogP contribution < -0.4 is 0 Å². The predicted molar refractivity (Wildman–Crippen MR) is 77.7 cm³/mol. The highest BCUT2D eigenvalue weighted by molar-refractivity contribution is 7.99. The minimum Gasteiger partial charge on any atom is -0.480 e. The number of aliphatic carboxylic acids is 1. The molecular weight excluding hydrogens is 296 g/mol. The van der Waals surface area contributed by atoms with Gasteiger partial charge in [-0.25, -0.2) is 4.79 Å². The smallest absolute Gasteiger partial charge is 0.327 e. The SMILES string of the molecule is O=C(O)[C@@H]1CSCN1C(=O)/C=C/c1ccc([N+](=O)[O-])cc1. The van der Waals surface area contributed by atoms with Gasteiger partial charge in [0.05, 0.1) is 10.8 Å². The summed E-state index contributed by atoms with van der Waals surface area (Å²) in [6.07, 6.45) is 2.79. The number of hydrogen-bond donors (Lipinski definition) is 1. The maximum absolute atomic E-state index is 12.0. The van der Waals surface area contributed by atoms with Gasteiger partial charge < -0.3 is 10.0 Å². The first kappa shape index (κ1) is 15.0. The van der Waals surface area contributed by atoms with Gasteiger partial charge in [-0.15, -0.1) is 11.8 Å². The summed E-state index contributed by atoms with van der Waals surface area (Å²) in [7, 11) is 0. The number of carboxylic acid groups (broad SMARTS) is 1. The quantitative estimate of drug-likeness (QED) is 0.515. The summed E-state index contributed by atoms with van der Waals surface area (Å²) >= 11 is 1.39. The highest BCUT2D eigenvalue weighted by atomic mass is 32.2. The number of non-ortho nitro benzene ring substituents is 1. The van der Waals surface area contributed by atoms with Gasteiger partial charge in [-0.3, -0.25) is 14.9 Å². The Balaban J connectivity index is 2.05. The maximum Gasteiger partial charge on any atom is 0.327 e. The van der Waals surface area contributed by atoms with Gasteiger partial charge in [0.15, 0.2) is 0 Å². The molecule has 0 bridgehead atoms. The molecule has 7 nitrogen and oxygen atoms in total. The van der Waals surface area contributed by atoms with Gasteiger partial charge in [-0.05, 0) is 23.8 Å². The number of rotatable bonds is 4. The van der Waals surface area contributed by atoms with E-state index < -0.39 is 16.9 Å². The number of hydrogen-bond acceptors (Lipinski definition) is 5. The highest BCUT2D eigenvalue weighted by Crippen LogP contribution is 2.21. The molecule has 0 unspecified atom stereocenters. The van der Waals surface area contributed by atoms with E-state index in [1.165, 1.54) is 53.1 Å². The first-order valence-electron chi connectivity index (χ1n) is 6.02. The average Bonchev–Trinajstić information content (AvgIpc) is 2.95. The van der Waals surface area contributed by atoms with Crippen molar-refractivity contribution in [1.82, 2.24) is 4.90 Å². The molecule has 1 saturated heterocycles. The molecule has 110 valence electrons. The van der Waals surface area contributed by atoms with Crippen LogP contribution in [-0.2, 0) is 9.59 Å². The maximum atomic E-state index is 12.0. The van der Waals surface area contributed by atoms with Crippen molar-refractivity contribution in [2.24, 2.45) is 0 Å². The predicted octanol–water partition coefficient (Wildman–Crippen LogP) is 1.59. The number of nitro benzene ring substituents is 1. The minimum absolute atomic E-state index is 0.0274. The third-order valence-corrected chi connectivity index (χ3v) is 3.98. The second-order valence-electron chi connectivity index (χ2n) is 4.34. The van der Waals surface area contributed by atoms with Gasteiger partial charge >= 0.3 is 5.97 Å². The standard InChI is InChI=1S/C13H12N2O5S/c16-12(14-8-21-7-11(14)13(17)18)6-3-9-1-4-10(5-2-9)15(19)20/h1-6,11H,7-8H2,(H,17,18)/b6-3+/t11-/m0/s1. The molecule has 2 rings (SSSR count). The van der Waals surface area contributed by atoms with Gasteiger partial charge in [0, 0.05) is 24.0 Å². The van der Waals surface area contributed by atoms with Crippen LogP contribution in [0.1, 0.15) is 5.56 Å². The van der Waals surface area contributed by atoms with E-state index in [0.29, 0.717) is 17.2 Å². The summed E-state index contributed by atoms with van der Waals surface area (Å²) in [6.45, 7) is 0. The molecule has 0 aliphatic carbocycles. The molecular formula is C13H12N2O5S. The first-order valence-corrected chi connectivity index (χ1v) is 7.18. The van der Waals surface area contributed by atoms with Crippen LogP contribution >= 0.6 is 11.8 Å². The Kier molecular flexibility index (Phi) is 4.59. The number of amides is 1. The average molecular weight is 308 g/mol. The molecule has 1 aromatic rings. The molecule has 1 aliphatic rings. The summed E-state index contributed by atoms with van der Waals surface area (Å²) in [5.74, 6) is -0.671. The first-order chi connectivity index (χ1) is 9.99. The van der Waals surface area contributed by atoms with E-state index in [4.69, 9.17) is 5.11 Å². The van der Waals surface area contributed by atoms with E-state index in [1.807, 2.05) is 0 Å². The summed E-state index contributed by atoms with van der Waals surface area (Å²) < 4.78 is 0. The summed E-state index contributed by atoms with van der Waals surface area (Å²) in [4.78, 5) is 34.3. The third-order valence-electron chi connectivity index (χ3n) is 2.97. The zero-order valence-electron chi connectivity index (χ0n) is 10.8. The fraction of sp³-hybridized carbons (Fsp3) is 0.231. The molecule has 1 heterocycles. The molecule has 8 heteroatoms. The molecule has 1 fully saturated rings. The van der Waals surface area contributed by atoms with Crippen molar-refractivity contribution in [2.45, 2.75) is 6.04 Å². The van der Waals surface area contributed by atoms with Crippen molar-refractivity contribution in [3.05, 3.63) is 46.0 Å². The molecule has 0 saturated carbocycles. The van der Waals surface area contributed by atoms with Crippen LogP contribution in [0, 0.1) is 10.1 Å². The zero-order chi connectivity index (χ0) is 15.4. The highest BCUT2D eigenvalue weighted by Gasteiger charge is 2.33. The van der Waals surface area contributed by atoms with Crippen LogP contribution in [0.4, 0.5) is 5.69 Å². The lowest BCUT2D eigenvalue weighted by atomic mass is 10.2. The Morgan fingerprint density at radius 2 is 2.05 bits per heavy atom. The summed E-state index contributed by atoms with van der Waals surface area (Å²) in [5, 5.41) is 19.5. The lowest BCUT2D eigenvalue weighted by Crippen LogP contribution is -2.40. The number of nitro groups is 1. The van der Waals surface area contributed by atoms with E-state index in [1.54, 1.807) is 0 Å². The van der Waals surface area contributed by atoms with Crippen LogP contribution in [-0.4, -0.2) is 44.5 Å². The van der Waals surface area contributed by atoms with Gasteiger partial charge in [-0.2, -0.15) is 0 Å². The second-order valence-corrected chi connectivity index (χ2v) is 5.34. The lowest BCUT2D eigenvalue weighted by Gasteiger charge is -2.18. The number of carboxylic acids is 1. The zero-order valence-corrected chi connectivity index (χ0v) is 11.7. The number of carbonyl (C=O) groups excluding carboxylic acids is 1.